The second kappa shape index (κ2) is 9.40. The van der Waals surface area contributed by atoms with E-state index >= 15 is 0 Å². The Kier molecular flexibility index (Phi) is 8.67. The van der Waals surface area contributed by atoms with E-state index in [1.54, 1.807) is 6.08 Å². The molecule has 0 atom stereocenters. The maximum absolute atomic E-state index is 3.60. The molecule has 0 fully saturated rings. The molecular formula is C14H14Pd. The van der Waals surface area contributed by atoms with Crippen LogP contribution in [-0.4, -0.2) is 0 Å². The first-order valence-corrected chi connectivity index (χ1v) is 4.61. The quantitative estimate of drug-likeness (QED) is 0.582. The van der Waals surface area contributed by atoms with E-state index in [0.29, 0.717) is 0 Å². The first-order chi connectivity index (χ1) is 6.93. The van der Waals surface area contributed by atoms with Gasteiger partial charge in [-0.05, 0) is 0 Å². The van der Waals surface area contributed by atoms with Gasteiger partial charge in [0.1, 0.15) is 0 Å². The molecular weight excluding hydrogens is 275 g/mol. The topological polar surface area (TPSA) is 0 Å². The molecule has 2 aromatic rings. The van der Waals surface area contributed by atoms with Crippen LogP contribution < -0.4 is 0 Å². The van der Waals surface area contributed by atoms with Crippen LogP contribution in [0.4, 0.5) is 0 Å². The Labute approximate surface area is 106 Å². The van der Waals surface area contributed by atoms with Gasteiger partial charge >= 0.3 is 20.4 Å². The van der Waals surface area contributed by atoms with Gasteiger partial charge in [-0.25, -0.2) is 12.1 Å². The molecule has 0 aliphatic heterocycles. The Bertz CT molecular complexity index is 304. The van der Waals surface area contributed by atoms with E-state index in [1.807, 2.05) is 67.1 Å². The maximum Gasteiger partial charge on any atom is 2.00 e. The van der Waals surface area contributed by atoms with Crippen LogP contribution >= 0.6 is 0 Å². The summed E-state index contributed by atoms with van der Waals surface area (Å²) >= 11 is 0. The zero-order valence-corrected chi connectivity index (χ0v) is 10.0. The summed E-state index contributed by atoms with van der Waals surface area (Å²) < 4.78 is 0. The average Bonchev–Trinajstić information content (AvgIpc) is 2.78. The summed E-state index contributed by atoms with van der Waals surface area (Å²) in [5, 5.41) is 0. The summed E-state index contributed by atoms with van der Waals surface area (Å²) in [6.45, 7) is 3.60. The van der Waals surface area contributed by atoms with Crippen molar-refractivity contribution in [2.45, 2.75) is 0 Å². The fourth-order valence-electron chi connectivity index (χ4n) is 1.02. The summed E-state index contributed by atoms with van der Waals surface area (Å²) in [5.41, 5.74) is 1.20. The monoisotopic (exact) mass is 288 g/mol. The van der Waals surface area contributed by atoms with E-state index < -0.39 is 0 Å². The Morgan fingerprint density at radius 2 is 1.60 bits per heavy atom. The smallest absolute Gasteiger partial charge is 0.214 e. The van der Waals surface area contributed by atoms with E-state index in [4.69, 9.17) is 0 Å². The molecule has 0 unspecified atom stereocenters. The summed E-state index contributed by atoms with van der Waals surface area (Å²) in [5.74, 6) is 0. The minimum absolute atomic E-state index is 0. The Morgan fingerprint density at radius 3 is 2.00 bits per heavy atom. The molecule has 80 valence electrons. The van der Waals surface area contributed by atoms with Crippen molar-refractivity contribution in [2.24, 2.45) is 0 Å². The first kappa shape index (κ1) is 13.8. The van der Waals surface area contributed by atoms with Gasteiger partial charge in [-0.1, -0.05) is 6.07 Å². The van der Waals surface area contributed by atoms with Gasteiger partial charge in [0.05, 0.1) is 0 Å². The second-order valence-electron chi connectivity index (χ2n) is 2.78. The van der Waals surface area contributed by atoms with Crippen molar-refractivity contribution in [2.75, 3.05) is 0 Å². The van der Waals surface area contributed by atoms with Crippen LogP contribution in [0, 0.1) is 6.42 Å². The molecule has 0 aliphatic carbocycles. The average molecular weight is 289 g/mol. The Balaban J connectivity index is 0.000000280. The Hall–Kier alpha value is -1.16. The zero-order chi connectivity index (χ0) is 10.1. The van der Waals surface area contributed by atoms with Gasteiger partial charge in [0.25, 0.3) is 0 Å². The fraction of sp³-hybridized carbons (Fsp3) is 0. The molecule has 2 rings (SSSR count). The molecule has 0 bridgehead atoms. The fourth-order valence-corrected chi connectivity index (χ4v) is 1.02. The van der Waals surface area contributed by atoms with Gasteiger partial charge in [-0.3, -0.25) is 0 Å². The van der Waals surface area contributed by atoms with Crippen molar-refractivity contribution in [3.8, 4) is 0 Å². The number of hydrogen-bond acceptors (Lipinski definition) is 0. The van der Waals surface area contributed by atoms with Crippen LogP contribution in [0.3, 0.4) is 0 Å². The molecule has 15 heavy (non-hydrogen) atoms. The normalized spacial score (nSPS) is 7.73. The van der Waals surface area contributed by atoms with E-state index in [9.17, 15) is 0 Å². The van der Waals surface area contributed by atoms with Crippen molar-refractivity contribution in [1.82, 2.24) is 0 Å². The molecule has 0 nitrogen and oxygen atoms in total. The number of benzene rings is 1. The third-order valence-corrected chi connectivity index (χ3v) is 1.67. The molecule has 0 saturated carbocycles. The zero-order valence-electron chi connectivity index (χ0n) is 8.45. The molecule has 0 N–H and O–H groups in total. The molecule has 0 aliphatic rings. The van der Waals surface area contributed by atoms with E-state index in [2.05, 4.69) is 6.58 Å². The van der Waals surface area contributed by atoms with Gasteiger partial charge in [0.15, 0.2) is 0 Å². The van der Waals surface area contributed by atoms with Crippen molar-refractivity contribution >= 4 is 0 Å². The molecule has 0 radical (unpaired) electrons. The third-order valence-electron chi connectivity index (χ3n) is 1.67. The van der Waals surface area contributed by atoms with Crippen LogP contribution in [0.2, 0.25) is 0 Å². The van der Waals surface area contributed by atoms with Crippen molar-refractivity contribution in [1.29, 1.82) is 0 Å². The van der Waals surface area contributed by atoms with Crippen LogP contribution in [-0.2, 0) is 20.4 Å². The number of allylic oxidation sites excluding steroid dienone is 1. The van der Waals surface area contributed by atoms with Crippen LogP contribution in [0.1, 0.15) is 5.56 Å². The maximum atomic E-state index is 3.60. The van der Waals surface area contributed by atoms with Crippen molar-refractivity contribution in [3.05, 3.63) is 85.3 Å². The van der Waals surface area contributed by atoms with Gasteiger partial charge in [0.2, 0.25) is 0 Å². The predicted molar refractivity (Wildman–Crippen MR) is 62.1 cm³/mol. The molecule has 0 saturated heterocycles. The largest absolute Gasteiger partial charge is 2.00 e. The molecule has 0 amide bonds. The summed E-state index contributed by atoms with van der Waals surface area (Å²) in [6, 6.07) is 20.1. The molecule has 0 aromatic heterocycles. The summed E-state index contributed by atoms with van der Waals surface area (Å²) in [4.78, 5) is 0. The van der Waals surface area contributed by atoms with E-state index in [-0.39, 0.29) is 20.4 Å². The predicted octanol–water partition coefficient (Wildman–Crippen LogP) is 3.83. The van der Waals surface area contributed by atoms with Gasteiger partial charge in [0, 0.05) is 0 Å². The first-order valence-electron chi connectivity index (χ1n) is 4.61. The number of rotatable bonds is 2. The molecule has 0 heterocycles. The Morgan fingerprint density at radius 1 is 1.00 bits per heavy atom. The van der Waals surface area contributed by atoms with E-state index in [0.717, 1.165) is 0 Å². The minimum Gasteiger partial charge on any atom is -0.214 e. The van der Waals surface area contributed by atoms with Crippen molar-refractivity contribution < 1.29 is 20.4 Å². The third kappa shape index (κ3) is 6.85. The second-order valence-corrected chi connectivity index (χ2v) is 2.78. The standard InChI is InChI=1S/C9H9.C5H5.Pd/c1-2-6-9-7-4-3-5-8-9;1-2-4-5-3-1;/h2-8H,1H2;1-5H;/q2*-1;+2. The van der Waals surface area contributed by atoms with Crippen LogP contribution in [0.25, 0.3) is 0 Å². The molecule has 2 aromatic carbocycles. The SMILES string of the molecule is C=C[CH-]c1ccccc1.[Pd+2].c1cc[cH-]c1. The van der Waals surface area contributed by atoms with E-state index in [1.165, 1.54) is 5.56 Å². The molecule has 0 spiro atoms. The van der Waals surface area contributed by atoms with Crippen molar-refractivity contribution in [3.63, 3.8) is 0 Å². The minimum atomic E-state index is 0. The van der Waals surface area contributed by atoms with Crippen LogP contribution in [0.15, 0.2) is 73.3 Å². The number of hydrogen-bond donors (Lipinski definition) is 0. The van der Waals surface area contributed by atoms with Gasteiger partial charge in [-0.15, -0.1) is 36.2 Å². The molecule has 1 heteroatoms. The van der Waals surface area contributed by atoms with Gasteiger partial charge < -0.3 is 0 Å². The van der Waals surface area contributed by atoms with Gasteiger partial charge in [-0.2, -0.15) is 30.9 Å². The van der Waals surface area contributed by atoms with Crippen LogP contribution in [0.5, 0.6) is 0 Å². The summed E-state index contributed by atoms with van der Waals surface area (Å²) in [6.07, 6.45) is 3.76. The summed E-state index contributed by atoms with van der Waals surface area (Å²) in [7, 11) is 0.